The molecule has 0 fully saturated rings. The van der Waals surface area contributed by atoms with Crippen LogP contribution in [0.1, 0.15) is 27.2 Å². The largest absolute Gasteiger partial charge is 0.466 e. The van der Waals surface area contributed by atoms with Crippen molar-refractivity contribution in [1.29, 1.82) is 0 Å². The normalized spacial score (nSPS) is 12.6. The monoisotopic (exact) mass is 296 g/mol. The van der Waals surface area contributed by atoms with Gasteiger partial charge in [0.1, 0.15) is 0 Å². The highest BCUT2D eigenvalue weighted by molar-refractivity contribution is 7.92. The third-order valence-electron chi connectivity index (χ3n) is 2.66. The second-order valence-electron chi connectivity index (χ2n) is 4.65. The van der Waals surface area contributed by atoms with E-state index in [1.807, 2.05) is 0 Å². The third kappa shape index (κ3) is 4.49. The molecule has 0 aliphatic carbocycles. The van der Waals surface area contributed by atoms with Gasteiger partial charge in [0, 0.05) is 0 Å². The van der Waals surface area contributed by atoms with E-state index >= 15 is 0 Å². The highest BCUT2D eigenvalue weighted by Crippen LogP contribution is 2.20. The summed E-state index contributed by atoms with van der Waals surface area (Å²) in [5, 5.41) is -0.894. The van der Waals surface area contributed by atoms with Crippen LogP contribution in [-0.4, -0.2) is 26.2 Å². The average molecular weight is 296 g/mol. The second kappa shape index (κ2) is 7.24. The van der Waals surface area contributed by atoms with Crippen LogP contribution in [0.2, 0.25) is 0 Å². The zero-order chi connectivity index (χ0) is 15.2. The average Bonchev–Trinajstić information content (AvgIpc) is 2.38. The first-order chi connectivity index (χ1) is 9.37. The van der Waals surface area contributed by atoms with Gasteiger partial charge in [0.25, 0.3) is 0 Å². The fourth-order valence-corrected chi connectivity index (χ4v) is 3.49. The summed E-state index contributed by atoms with van der Waals surface area (Å²) in [6, 6.07) is 8.15. The maximum absolute atomic E-state index is 12.6. The molecule has 0 heterocycles. The topological polar surface area (TPSA) is 60.4 Å². The zero-order valence-electron chi connectivity index (χ0n) is 12.0. The van der Waals surface area contributed by atoms with E-state index in [9.17, 15) is 13.2 Å². The molecule has 0 saturated carbocycles. The van der Waals surface area contributed by atoms with E-state index in [2.05, 4.69) is 0 Å². The molecule has 4 nitrogen and oxygen atoms in total. The predicted molar refractivity (Wildman–Crippen MR) is 78.1 cm³/mol. The SMILES string of the molecule is CCOC(=O)CC(C=C(C)C)S(=O)(=O)c1ccccc1. The Morgan fingerprint density at radius 3 is 2.35 bits per heavy atom. The molecule has 0 spiro atoms. The van der Waals surface area contributed by atoms with Gasteiger partial charge < -0.3 is 4.74 Å². The third-order valence-corrected chi connectivity index (χ3v) is 4.69. The molecule has 1 rings (SSSR count). The molecule has 110 valence electrons. The van der Waals surface area contributed by atoms with Crippen LogP contribution in [0.5, 0.6) is 0 Å². The van der Waals surface area contributed by atoms with Crippen molar-refractivity contribution in [2.45, 2.75) is 37.3 Å². The number of hydrogen-bond donors (Lipinski definition) is 0. The molecule has 1 aromatic carbocycles. The highest BCUT2D eigenvalue weighted by atomic mass is 32.2. The Kier molecular flexibility index (Phi) is 5.95. The summed E-state index contributed by atoms with van der Waals surface area (Å²) < 4.78 is 30.0. The van der Waals surface area contributed by atoms with Crippen LogP contribution >= 0.6 is 0 Å². The fourth-order valence-electron chi connectivity index (χ4n) is 1.80. The van der Waals surface area contributed by atoms with Gasteiger partial charge in [-0.15, -0.1) is 0 Å². The fraction of sp³-hybridized carbons (Fsp3) is 0.400. The molecular weight excluding hydrogens is 276 g/mol. The van der Waals surface area contributed by atoms with E-state index in [0.29, 0.717) is 0 Å². The summed E-state index contributed by atoms with van der Waals surface area (Å²) in [6.45, 7) is 5.54. The van der Waals surface area contributed by atoms with E-state index < -0.39 is 21.1 Å². The minimum Gasteiger partial charge on any atom is -0.466 e. The zero-order valence-corrected chi connectivity index (χ0v) is 12.8. The minimum absolute atomic E-state index is 0.170. The van der Waals surface area contributed by atoms with Crippen molar-refractivity contribution in [2.24, 2.45) is 0 Å². The van der Waals surface area contributed by atoms with Crippen molar-refractivity contribution in [2.75, 3.05) is 6.61 Å². The molecule has 0 saturated heterocycles. The minimum atomic E-state index is -3.59. The lowest BCUT2D eigenvalue weighted by molar-refractivity contribution is -0.142. The number of ether oxygens (including phenoxy) is 1. The number of esters is 1. The lowest BCUT2D eigenvalue weighted by Gasteiger charge is -2.14. The first-order valence-electron chi connectivity index (χ1n) is 6.47. The van der Waals surface area contributed by atoms with Gasteiger partial charge in [-0.3, -0.25) is 4.79 Å². The molecule has 0 amide bonds. The van der Waals surface area contributed by atoms with Crippen molar-refractivity contribution in [3.8, 4) is 0 Å². The molecule has 0 bridgehead atoms. The van der Waals surface area contributed by atoms with E-state index in [1.54, 1.807) is 45.0 Å². The van der Waals surface area contributed by atoms with E-state index in [0.717, 1.165) is 5.57 Å². The van der Waals surface area contributed by atoms with Crippen LogP contribution < -0.4 is 0 Å². The Hall–Kier alpha value is -1.62. The number of sulfone groups is 1. The molecular formula is C15H20O4S. The summed E-state index contributed by atoms with van der Waals surface area (Å²) in [4.78, 5) is 11.8. The second-order valence-corrected chi connectivity index (χ2v) is 6.82. The van der Waals surface area contributed by atoms with Gasteiger partial charge in [-0.2, -0.15) is 0 Å². The maximum Gasteiger partial charge on any atom is 0.307 e. The van der Waals surface area contributed by atoms with Crippen LogP contribution in [0.15, 0.2) is 46.9 Å². The molecule has 0 aliphatic rings. The van der Waals surface area contributed by atoms with Crippen molar-refractivity contribution in [3.63, 3.8) is 0 Å². The lowest BCUT2D eigenvalue weighted by atomic mass is 10.2. The van der Waals surface area contributed by atoms with Crippen molar-refractivity contribution < 1.29 is 17.9 Å². The summed E-state index contributed by atoms with van der Waals surface area (Å²) in [7, 11) is -3.59. The van der Waals surface area contributed by atoms with Crippen LogP contribution in [0, 0.1) is 0 Å². The number of rotatable bonds is 6. The highest BCUT2D eigenvalue weighted by Gasteiger charge is 2.28. The standard InChI is InChI=1S/C15H20O4S/c1-4-19-15(16)11-14(10-12(2)3)20(17,18)13-8-6-5-7-9-13/h5-10,14H,4,11H2,1-3H3. The number of carbonyl (C=O) groups is 1. The van der Waals surface area contributed by atoms with Gasteiger partial charge in [0.2, 0.25) is 0 Å². The van der Waals surface area contributed by atoms with E-state index in [-0.39, 0.29) is 17.9 Å². The molecule has 1 unspecified atom stereocenters. The lowest BCUT2D eigenvalue weighted by Crippen LogP contribution is -2.24. The van der Waals surface area contributed by atoms with Gasteiger partial charge in [-0.05, 0) is 32.9 Å². The van der Waals surface area contributed by atoms with Crippen LogP contribution in [0.4, 0.5) is 0 Å². The first-order valence-corrected chi connectivity index (χ1v) is 8.02. The van der Waals surface area contributed by atoms with Gasteiger partial charge in [0.05, 0.1) is 23.2 Å². The molecule has 0 N–H and O–H groups in total. The smallest absolute Gasteiger partial charge is 0.307 e. The van der Waals surface area contributed by atoms with Crippen LogP contribution in [-0.2, 0) is 19.4 Å². The van der Waals surface area contributed by atoms with Crippen molar-refractivity contribution in [1.82, 2.24) is 0 Å². The molecule has 0 aromatic heterocycles. The van der Waals surface area contributed by atoms with Gasteiger partial charge >= 0.3 is 5.97 Å². The first kappa shape index (κ1) is 16.4. The maximum atomic E-state index is 12.6. The van der Waals surface area contributed by atoms with Gasteiger partial charge in [0.15, 0.2) is 9.84 Å². The molecule has 5 heteroatoms. The summed E-state index contributed by atoms with van der Waals surface area (Å²) in [6.07, 6.45) is 1.43. The number of benzene rings is 1. The number of hydrogen-bond acceptors (Lipinski definition) is 4. The quantitative estimate of drug-likeness (QED) is 0.598. The van der Waals surface area contributed by atoms with Crippen molar-refractivity contribution >= 4 is 15.8 Å². The van der Waals surface area contributed by atoms with Crippen LogP contribution in [0.3, 0.4) is 0 Å². The summed E-state index contributed by atoms with van der Waals surface area (Å²) in [5.74, 6) is -0.505. The van der Waals surface area contributed by atoms with Gasteiger partial charge in [-0.1, -0.05) is 29.8 Å². The Bertz CT molecular complexity index is 569. The van der Waals surface area contributed by atoms with Crippen LogP contribution in [0.25, 0.3) is 0 Å². The Balaban J connectivity index is 3.11. The Morgan fingerprint density at radius 1 is 1.25 bits per heavy atom. The summed E-state index contributed by atoms with van der Waals surface area (Å²) in [5.41, 5.74) is 0.846. The molecule has 0 aliphatic heterocycles. The molecule has 1 aromatic rings. The van der Waals surface area contributed by atoms with E-state index in [1.165, 1.54) is 12.1 Å². The molecule has 1 atom stereocenters. The molecule has 20 heavy (non-hydrogen) atoms. The Morgan fingerprint density at radius 2 is 1.85 bits per heavy atom. The van der Waals surface area contributed by atoms with Crippen molar-refractivity contribution in [3.05, 3.63) is 42.0 Å². The summed E-state index contributed by atoms with van der Waals surface area (Å²) >= 11 is 0. The number of allylic oxidation sites excluding steroid dienone is 1. The van der Waals surface area contributed by atoms with E-state index in [4.69, 9.17) is 4.74 Å². The molecule has 0 radical (unpaired) electrons. The Labute approximate surface area is 120 Å². The van der Waals surface area contributed by atoms with Gasteiger partial charge in [-0.25, -0.2) is 8.42 Å². The predicted octanol–water partition coefficient (Wildman–Crippen LogP) is 2.75. The number of carbonyl (C=O) groups excluding carboxylic acids is 1.